The van der Waals surface area contributed by atoms with Crippen LogP contribution in [0.1, 0.15) is 5.56 Å². The zero-order chi connectivity index (χ0) is 8.27. The monoisotopic (exact) mass is 235 g/mol. The highest BCUT2D eigenvalue weighted by Gasteiger charge is 1.98. The number of halogens is 2. The predicted octanol–water partition coefficient (Wildman–Crippen LogP) is 2.58. The molecule has 0 aliphatic carbocycles. The molecular formula is C7H7BrClNO. The first-order valence-corrected chi connectivity index (χ1v) is 4.22. The van der Waals surface area contributed by atoms with E-state index >= 15 is 0 Å². The molecule has 0 bridgehead atoms. The van der Waals surface area contributed by atoms with Gasteiger partial charge in [0.15, 0.2) is 0 Å². The van der Waals surface area contributed by atoms with Crippen LogP contribution in [0.15, 0.2) is 22.7 Å². The van der Waals surface area contributed by atoms with Crippen LogP contribution in [0.5, 0.6) is 0 Å². The van der Waals surface area contributed by atoms with Crippen LogP contribution in [0.2, 0.25) is 5.02 Å². The largest absolute Gasteiger partial charge is 0.316 e. The standard InChI is InChI=1S/C7H7BrClNO/c8-6-2-1-5(4-10-11)7(9)3-6/h1-3,10-11H,4H2. The highest BCUT2D eigenvalue weighted by molar-refractivity contribution is 9.10. The molecular weight excluding hydrogens is 229 g/mol. The molecule has 0 saturated heterocycles. The summed E-state index contributed by atoms with van der Waals surface area (Å²) in [6.07, 6.45) is 0. The Morgan fingerprint density at radius 2 is 2.27 bits per heavy atom. The van der Waals surface area contributed by atoms with Crippen molar-refractivity contribution in [1.82, 2.24) is 5.48 Å². The molecule has 1 aromatic rings. The third-order valence-electron chi connectivity index (χ3n) is 1.28. The van der Waals surface area contributed by atoms with Gasteiger partial charge in [-0.05, 0) is 17.7 Å². The van der Waals surface area contributed by atoms with Crippen LogP contribution < -0.4 is 5.48 Å². The highest BCUT2D eigenvalue weighted by Crippen LogP contribution is 2.20. The number of nitrogens with one attached hydrogen (secondary N) is 1. The average Bonchev–Trinajstić information content (AvgIpc) is 1.95. The van der Waals surface area contributed by atoms with E-state index in [-0.39, 0.29) is 0 Å². The van der Waals surface area contributed by atoms with E-state index in [0.717, 1.165) is 10.0 Å². The molecule has 2 N–H and O–H groups in total. The molecule has 4 heteroatoms. The minimum Gasteiger partial charge on any atom is -0.316 e. The lowest BCUT2D eigenvalue weighted by Gasteiger charge is -2.01. The normalized spacial score (nSPS) is 10.1. The van der Waals surface area contributed by atoms with Crippen molar-refractivity contribution in [1.29, 1.82) is 0 Å². The zero-order valence-electron chi connectivity index (χ0n) is 5.64. The summed E-state index contributed by atoms with van der Waals surface area (Å²) in [6.45, 7) is 0.367. The molecule has 1 aromatic carbocycles. The van der Waals surface area contributed by atoms with Crippen molar-refractivity contribution in [2.75, 3.05) is 0 Å². The summed E-state index contributed by atoms with van der Waals surface area (Å²) in [4.78, 5) is 0. The Morgan fingerprint density at radius 3 is 2.82 bits per heavy atom. The van der Waals surface area contributed by atoms with Crippen LogP contribution in [0.3, 0.4) is 0 Å². The molecule has 1 rings (SSSR count). The summed E-state index contributed by atoms with van der Waals surface area (Å²) < 4.78 is 0.934. The second-order valence-corrected chi connectivity index (χ2v) is 3.39. The van der Waals surface area contributed by atoms with E-state index < -0.39 is 0 Å². The Morgan fingerprint density at radius 1 is 1.55 bits per heavy atom. The van der Waals surface area contributed by atoms with Crippen LogP contribution >= 0.6 is 27.5 Å². The third-order valence-corrected chi connectivity index (χ3v) is 2.13. The molecule has 0 aliphatic heterocycles. The average molecular weight is 236 g/mol. The van der Waals surface area contributed by atoms with E-state index in [2.05, 4.69) is 15.9 Å². The SMILES string of the molecule is ONCc1ccc(Br)cc1Cl. The second kappa shape index (κ2) is 4.07. The van der Waals surface area contributed by atoms with E-state index in [9.17, 15) is 0 Å². The Labute approximate surface area is 78.3 Å². The summed E-state index contributed by atoms with van der Waals surface area (Å²) in [6, 6.07) is 5.50. The van der Waals surface area contributed by atoms with E-state index in [1.807, 2.05) is 17.6 Å². The summed E-state index contributed by atoms with van der Waals surface area (Å²) in [5.74, 6) is 0. The van der Waals surface area contributed by atoms with Crippen molar-refractivity contribution in [2.45, 2.75) is 6.54 Å². The van der Waals surface area contributed by atoms with Gasteiger partial charge < -0.3 is 5.21 Å². The Kier molecular flexibility index (Phi) is 3.33. The molecule has 0 amide bonds. The smallest absolute Gasteiger partial charge is 0.0472 e. The number of hydroxylamine groups is 1. The maximum Gasteiger partial charge on any atom is 0.0472 e. The highest BCUT2D eigenvalue weighted by atomic mass is 79.9. The lowest BCUT2D eigenvalue weighted by Crippen LogP contribution is -2.06. The van der Waals surface area contributed by atoms with Crippen molar-refractivity contribution < 1.29 is 5.21 Å². The van der Waals surface area contributed by atoms with Gasteiger partial charge in [-0.3, -0.25) is 0 Å². The minimum atomic E-state index is 0.367. The molecule has 0 spiro atoms. The molecule has 0 aliphatic rings. The molecule has 0 unspecified atom stereocenters. The molecule has 0 radical (unpaired) electrons. The predicted molar refractivity (Wildman–Crippen MR) is 47.8 cm³/mol. The number of benzene rings is 1. The van der Waals surface area contributed by atoms with E-state index in [4.69, 9.17) is 16.8 Å². The number of hydrogen-bond donors (Lipinski definition) is 2. The Balaban J connectivity index is 2.90. The summed E-state index contributed by atoms with van der Waals surface area (Å²) in [5.41, 5.74) is 2.92. The molecule has 0 heterocycles. The second-order valence-electron chi connectivity index (χ2n) is 2.07. The first kappa shape index (κ1) is 9.00. The molecule has 2 nitrogen and oxygen atoms in total. The Bertz CT molecular complexity index is 254. The molecule has 11 heavy (non-hydrogen) atoms. The summed E-state index contributed by atoms with van der Waals surface area (Å²) >= 11 is 9.11. The topological polar surface area (TPSA) is 32.3 Å². The lowest BCUT2D eigenvalue weighted by molar-refractivity contribution is 0.161. The third kappa shape index (κ3) is 2.45. The van der Waals surface area contributed by atoms with Crippen molar-refractivity contribution in [3.05, 3.63) is 33.3 Å². The van der Waals surface area contributed by atoms with Crippen LogP contribution in [0, 0.1) is 0 Å². The van der Waals surface area contributed by atoms with Crippen LogP contribution in [0.25, 0.3) is 0 Å². The maximum absolute atomic E-state index is 8.39. The van der Waals surface area contributed by atoms with E-state index in [1.54, 1.807) is 6.07 Å². The molecule has 0 atom stereocenters. The van der Waals surface area contributed by atoms with Gasteiger partial charge in [0.25, 0.3) is 0 Å². The first-order chi connectivity index (χ1) is 5.24. The van der Waals surface area contributed by atoms with Crippen molar-refractivity contribution in [2.24, 2.45) is 0 Å². The number of rotatable bonds is 2. The van der Waals surface area contributed by atoms with Crippen molar-refractivity contribution in [3.63, 3.8) is 0 Å². The fourth-order valence-corrected chi connectivity index (χ4v) is 1.49. The van der Waals surface area contributed by atoms with Gasteiger partial charge in [0.1, 0.15) is 0 Å². The van der Waals surface area contributed by atoms with Gasteiger partial charge in [-0.1, -0.05) is 33.6 Å². The first-order valence-electron chi connectivity index (χ1n) is 3.05. The number of hydrogen-bond acceptors (Lipinski definition) is 2. The van der Waals surface area contributed by atoms with Gasteiger partial charge in [0.05, 0.1) is 0 Å². The van der Waals surface area contributed by atoms with Crippen LogP contribution in [0.4, 0.5) is 0 Å². The Hall–Kier alpha value is -0.0900. The van der Waals surface area contributed by atoms with Gasteiger partial charge >= 0.3 is 0 Å². The molecule has 0 saturated carbocycles. The minimum absolute atomic E-state index is 0.367. The lowest BCUT2D eigenvalue weighted by atomic mass is 10.2. The zero-order valence-corrected chi connectivity index (χ0v) is 7.98. The van der Waals surface area contributed by atoms with Gasteiger partial charge in [0.2, 0.25) is 0 Å². The van der Waals surface area contributed by atoms with E-state index in [1.165, 1.54) is 0 Å². The van der Waals surface area contributed by atoms with Crippen LogP contribution in [-0.2, 0) is 6.54 Å². The summed E-state index contributed by atoms with van der Waals surface area (Å²) in [5, 5.41) is 9.03. The van der Waals surface area contributed by atoms with Crippen molar-refractivity contribution in [3.8, 4) is 0 Å². The van der Waals surface area contributed by atoms with Gasteiger partial charge in [0, 0.05) is 16.0 Å². The van der Waals surface area contributed by atoms with Gasteiger partial charge in [-0.25, -0.2) is 5.48 Å². The van der Waals surface area contributed by atoms with Crippen LogP contribution in [-0.4, -0.2) is 5.21 Å². The van der Waals surface area contributed by atoms with Gasteiger partial charge in [-0.2, -0.15) is 0 Å². The summed E-state index contributed by atoms with van der Waals surface area (Å²) in [7, 11) is 0. The molecule has 0 aromatic heterocycles. The maximum atomic E-state index is 8.39. The quantitative estimate of drug-likeness (QED) is 0.774. The molecule has 0 fully saturated rings. The molecule has 60 valence electrons. The van der Waals surface area contributed by atoms with Crippen molar-refractivity contribution >= 4 is 27.5 Å². The fourth-order valence-electron chi connectivity index (χ4n) is 0.750. The fraction of sp³-hybridized carbons (Fsp3) is 0.143. The van der Waals surface area contributed by atoms with E-state index in [0.29, 0.717) is 11.6 Å². The van der Waals surface area contributed by atoms with Gasteiger partial charge in [-0.15, -0.1) is 0 Å².